The van der Waals surface area contributed by atoms with E-state index in [1.165, 1.54) is 0 Å². The lowest BCUT2D eigenvalue weighted by atomic mass is 10.1. The van der Waals surface area contributed by atoms with E-state index in [1.54, 1.807) is 18.9 Å². The fourth-order valence-electron chi connectivity index (χ4n) is 1.38. The predicted octanol–water partition coefficient (Wildman–Crippen LogP) is 2.13. The number of ether oxygens (including phenoxy) is 1. The molecule has 1 atom stereocenters. The van der Waals surface area contributed by atoms with Gasteiger partial charge in [0.25, 0.3) is 0 Å². The molecule has 1 rings (SSSR count). The molecular formula is C11H22N2OS. The summed E-state index contributed by atoms with van der Waals surface area (Å²) in [4.78, 5) is 4.70. The molecule has 1 N–H and O–H groups in total. The minimum Gasteiger partial charge on any atom is -0.382 e. The van der Waals surface area contributed by atoms with Gasteiger partial charge in [-0.25, -0.2) is 0 Å². The van der Waals surface area contributed by atoms with Crippen LogP contribution in [0.3, 0.4) is 0 Å². The molecule has 0 aromatic heterocycles. The second kappa shape index (κ2) is 5.21. The van der Waals surface area contributed by atoms with Crippen LogP contribution < -0.4 is 5.32 Å². The topological polar surface area (TPSA) is 33.6 Å². The largest absolute Gasteiger partial charge is 0.382 e. The fraction of sp³-hybridized carbons (Fsp3) is 0.909. The number of aliphatic imine (C=N–C) groups is 1. The molecule has 1 heterocycles. The molecule has 3 nitrogen and oxygen atoms in total. The highest BCUT2D eigenvalue weighted by Gasteiger charge is 2.28. The summed E-state index contributed by atoms with van der Waals surface area (Å²) >= 11 is 1.80. The number of thioether (sulfide) groups is 1. The van der Waals surface area contributed by atoms with Crippen molar-refractivity contribution in [2.24, 2.45) is 10.9 Å². The molecule has 0 aliphatic carbocycles. The quantitative estimate of drug-likeness (QED) is 0.803. The Morgan fingerprint density at radius 1 is 1.53 bits per heavy atom. The SMILES string of the molecule is COCC(N=C1NC(C)(C)CS1)C(C)C. The van der Waals surface area contributed by atoms with Gasteiger partial charge in [0, 0.05) is 18.4 Å². The third kappa shape index (κ3) is 4.03. The van der Waals surface area contributed by atoms with Crippen molar-refractivity contribution in [1.82, 2.24) is 5.32 Å². The van der Waals surface area contributed by atoms with Gasteiger partial charge in [-0.3, -0.25) is 4.99 Å². The van der Waals surface area contributed by atoms with Gasteiger partial charge in [0.15, 0.2) is 5.17 Å². The van der Waals surface area contributed by atoms with Gasteiger partial charge in [-0.2, -0.15) is 0 Å². The third-order valence-electron chi connectivity index (χ3n) is 2.41. The van der Waals surface area contributed by atoms with E-state index in [4.69, 9.17) is 9.73 Å². The zero-order valence-electron chi connectivity index (χ0n) is 10.3. The lowest BCUT2D eigenvalue weighted by Gasteiger charge is -2.18. The van der Waals surface area contributed by atoms with Crippen LogP contribution in [-0.2, 0) is 4.74 Å². The molecule has 1 aliphatic heterocycles. The van der Waals surface area contributed by atoms with Crippen LogP contribution >= 0.6 is 11.8 Å². The Kier molecular flexibility index (Phi) is 4.46. The van der Waals surface area contributed by atoms with E-state index >= 15 is 0 Å². The van der Waals surface area contributed by atoms with E-state index in [1.807, 2.05) is 0 Å². The van der Waals surface area contributed by atoms with E-state index in [2.05, 4.69) is 33.0 Å². The van der Waals surface area contributed by atoms with Gasteiger partial charge in [0.05, 0.1) is 12.6 Å². The lowest BCUT2D eigenvalue weighted by molar-refractivity contribution is 0.165. The highest BCUT2D eigenvalue weighted by Crippen LogP contribution is 2.23. The highest BCUT2D eigenvalue weighted by molar-refractivity contribution is 8.14. The van der Waals surface area contributed by atoms with Crippen molar-refractivity contribution in [3.8, 4) is 0 Å². The highest BCUT2D eigenvalue weighted by atomic mass is 32.2. The summed E-state index contributed by atoms with van der Waals surface area (Å²) in [6.07, 6.45) is 0. The lowest BCUT2D eigenvalue weighted by Crippen LogP contribution is -2.37. The van der Waals surface area contributed by atoms with Gasteiger partial charge < -0.3 is 10.1 Å². The summed E-state index contributed by atoms with van der Waals surface area (Å²) < 4.78 is 5.18. The summed E-state index contributed by atoms with van der Waals surface area (Å²) in [6.45, 7) is 9.45. The van der Waals surface area contributed by atoms with Crippen molar-refractivity contribution in [3.63, 3.8) is 0 Å². The van der Waals surface area contributed by atoms with Gasteiger partial charge in [-0.1, -0.05) is 25.6 Å². The van der Waals surface area contributed by atoms with Gasteiger partial charge in [0.1, 0.15) is 0 Å². The first kappa shape index (κ1) is 12.8. The zero-order valence-corrected chi connectivity index (χ0v) is 11.1. The van der Waals surface area contributed by atoms with Crippen molar-refractivity contribution in [1.29, 1.82) is 0 Å². The average Bonchev–Trinajstić information content (AvgIpc) is 2.44. The van der Waals surface area contributed by atoms with Crippen LogP contribution in [-0.4, -0.2) is 36.2 Å². The number of nitrogens with one attached hydrogen (secondary N) is 1. The van der Waals surface area contributed by atoms with Crippen molar-refractivity contribution in [2.45, 2.75) is 39.3 Å². The minimum absolute atomic E-state index is 0.179. The van der Waals surface area contributed by atoms with Crippen molar-refractivity contribution >= 4 is 16.9 Å². The Hall–Kier alpha value is -0.220. The molecule has 0 saturated carbocycles. The third-order valence-corrected chi connectivity index (χ3v) is 3.75. The van der Waals surface area contributed by atoms with Crippen LogP contribution in [0.25, 0.3) is 0 Å². The molecule has 0 bridgehead atoms. The van der Waals surface area contributed by atoms with E-state index in [-0.39, 0.29) is 11.6 Å². The number of methoxy groups -OCH3 is 1. The molecule has 1 saturated heterocycles. The first-order valence-electron chi connectivity index (χ1n) is 5.42. The monoisotopic (exact) mass is 230 g/mol. The number of amidine groups is 1. The van der Waals surface area contributed by atoms with Gasteiger partial charge in [0.2, 0.25) is 0 Å². The van der Waals surface area contributed by atoms with Crippen LogP contribution in [0.1, 0.15) is 27.7 Å². The molecule has 0 radical (unpaired) electrons. The van der Waals surface area contributed by atoms with Crippen LogP contribution in [0.4, 0.5) is 0 Å². The molecule has 0 amide bonds. The normalized spacial score (nSPS) is 24.5. The minimum atomic E-state index is 0.179. The maximum Gasteiger partial charge on any atom is 0.157 e. The molecule has 4 heteroatoms. The van der Waals surface area contributed by atoms with Crippen LogP contribution in [0.15, 0.2) is 4.99 Å². The zero-order chi connectivity index (χ0) is 11.5. The molecule has 15 heavy (non-hydrogen) atoms. The summed E-state index contributed by atoms with van der Waals surface area (Å²) in [5.41, 5.74) is 0.179. The first-order chi connectivity index (χ1) is 6.94. The van der Waals surface area contributed by atoms with Crippen LogP contribution in [0.2, 0.25) is 0 Å². The van der Waals surface area contributed by atoms with E-state index in [9.17, 15) is 0 Å². The summed E-state index contributed by atoms with van der Waals surface area (Å²) in [5, 5.41) is 4.50. The standard InChI is InChI=1S/C11H22N2OS/c1-8(2)9(6-14-5)12-10-13-11(3,4)7-15-10/h8-9H,6-7H2,1-5H3,(H,12,13). The maximum absolute atomic E-state index is 5.18. The molecule has 0 aromatic carbocycles. The van der Waals surface area contributed by atoms with Crippen molar-refractivity contribution in [2.75, 3.05) is 19.5 Å². The van der Waals surface area contributed by atoms with Crippen molar-refractivity contribution in [3.05, 3.63) is 0 Å². The fourth-order valence-corrected chi connectivity index (χ4v) is 2.51. The first-order valence-corrected chi connectivity index (χ1v) is 6.41. The molecule has 88 valence electrons. The molecule has 1 fully saturated rings. The second-order valence-corrected chi connectivity index (χ2v) is 5.96. The molecule has 0 aromatic rings. The maximum atomic E-state index is 5.18. The predicted molar refractivity (Wildman–Crippen MR) is 67.6 cm³/mol. The number of nitrogens with zero attached hydrogens (tertiary/aromatic N) is 1. The molecule has 1 aliphatic rings. The van der Waals surface area contributed by atoms with Gasteiger partial charge in [-0.05, 0) is 19.8 Å². The van der Waals surface area contributed by atoms with Crippen LogP contribution in [0, 0.1) is 5.92 Å². The van der Waals surface area contributed by atoms with Gasteiger partial charge >= 0.3 is 0 Å². The summed E-state index contributed by atoms with van der Waals surface area (Å²) in [5.74, 6) is 1.60. The summed E-state index contributed by atoms with van der Waals surface area (Å²) in [7, 11) is 1.73. The molecule has 1 unspecified atom stereocenters. The van der Waals surface area contributed by atoms with E-state index in [0.29, 0.717) is 12.5 Å². The van der Waals surface area contributed by atoms with E-state index in [0.717, 1.165) is 10.9 Å². The number of hydrogen-bond acceptors (Lipinski definition) is 3. The van der Waals surface area contributed by atoms with Gasteiger partial charge in [-0.15, -0.1) is 0 Å². The summed E-state index contributed by atoms with van der Waals surface area (Å²) in [6, 6.07) is 0.263. The Labute approximate surface area is 97.1 Å². The Morgan fingerprint density at radius 2 is 2.20 bits per heavy atom. The Morgan fingerprint density at radius 3 is 2.60 bits per heavy atom. The van der Waals surface area contributed by atoms with Crippen molar-refractivity contribution < 1.29 is 4.74 Å². The van der Waals surface area contributed by atoms with E-state index < -0.39 is 0 Å². The molecule has 0 spiro atoms. The number of hydrogen-bond donors (Lipinski definition) is 1. The van der Waals surface area contributed by atoms with Crippen LogP contribution in [0.5, 0.6) is 0 Å². The number of rotatable bonds is 4. The smallest absolute Gasteiger partial charge is 0.157 e. The second-order valence-electron chi connectivity index (χ2n) is 5.00. The Balaban J connectivity index is 2.60. The Bertz CT molecular complexity index is 239. The average molecular weight is 230 g/mol. The molecular weight excluding hydrogens is 208 g/mol.